The number of hydrogen-bond donors (Lipinski definition) is 1. The fourth-order valence-electron chi connectivity index (χ4n) is 2.62. The van der Waals surface area contributed by atoms with Crippen LogP contribution in [0.2, 0.25) is 0 Å². The third-order valence-corrected chi connectivity index (χ3v) is 3.74. The van der Waals surface area contributed by atoms with Crippen molar-refractivity contribution in [1.29, 1.82) is 0 Å². The van der Waals surface area contributed by atoms with Gasteiger partial charge in [-0.1, -0.05) is 0 Å². The Morgan fingerprint density at radius 1 is 1.48 bits per heavy atom. The number of furan rings is 1. The van der Waals surface area contributed by atoms with E-state index < -0.39 is 0 Å². The molecule has 3 heterocycles. The SMILES string of the molecule is CCOC(=O)N1CCC(Nc2nccc3occc23)CC1. The number of fused-ring (bicyclic) bond motifs is 1. The number of nitrogens with zero attached hydrogens (tertiary/aromatic N) is 2. The molecule has 1 amide bonds. The molecule has 1 aliphatic rings. The molecule has 0 aromatic carbocycles. The third kappa shape index (κ3) is 2.94. The molecular formula is C15H19N3O3. The molecule has 6 heteroatoms. The molecule has 1 saturated heterocycles. The molecule has 0 bridgehead atoms. The monoisotopic (exact) mass is 289 g/mol. The summed E-state index contributed by atoms with van der Waals surface area (Å²) in [5, 5.41) is 4.44. The summed E-state index contributed by atoms with van der Waals surface area (Å²) in [4.78, 5) is 17.8. The molecule has 112 valence electrons. The van der Waals surface area contributed by atoms with Gasteiger partial charge >= 0.3 is 6.09 Å². The molecule has 2 aromatic heterocycles. The minimum Gasteiger partial charge on any atom is -0.464 e. The van der Waals surface area contributed by atoms with E-state index in [2.05, 4.69) is 10.3 Å². The first-order valence-corrected chi connectivity index (χ1v) is 7.28. The average molecular weight is 289 g/mol. The first kappa shape index (κ1) is 13.7. The van der Waals surface area contributed by atoms with Crippen LogP contribution in [-0.2, 0) is 4.74 Å². The Bertz CT molecular complexity index is 617. The largest absolute Gasteiger partial charge is 0.464 e. The molecule has 0 radical (unpaired) electrons. The smallest absolute Gasteiger partial charge is 0.409 e. The summed E-state index contributed by atoms with van der Waals surface area (Å²) in [6.07, 6.45) is 4.96. The molecule has 1 aliphatic heterocycles. The molecule has 0 saturated carbocycles. The van der Waals surface area contributed by atoms with Crippen molar-refractivity contribution in [2.24, 2.45) is 0 Å². The van der Waals surface area contributed by atoms with Crippen molar-refractivity contribution in [1.82, 2.24) is 9.88 Å². The quantitative estimate of drug-likeness (QED) is 0.941. The van der Waals surface area contributed by atoms with Gasteiger partial charge in [0, 0.05) is 25.3 Å². The Morgan fingerprint density at radius 3 is 3.05 bits per heavy atom. The molecule has 6 nitrogen and oxygen atoms in total. The average Bonchev–Trinajstić information content (AvgIpc) is 2.98. The highest BCUT2D eigenvalue weighted by Gasteiger charge is 2.24. The van der Waals surface area contributed by atoms with Crippen LogP contribution in [-0.4, -0.2) is 41.7 Å². The molecule has 1 fully saturated rings. The van der Waals surface area contributed by atoms with E-state index in [1.165, 1.54) is 0 Å². The fraction of sp³-hybridized carbons (Fsp3) is 0.467. The van der Waals surface area contributed by atoms with Crippen LogP contribution in [0.3, 0.4) is 0 Å². The fourth-order valence-corrected chi connectivity index (χ4v) is 2.62. The second-order valence-corrected chi connectivity index (χ2v) is 5.10. The van der Waals surface area contributed by atoms with Gasteiger partial charge in [0.1, 0.15) is 11.4 Å². The van der Waals surface area contributed by atoms with Crippen molar-refractivity contribution < 1.29 is 13.9 Å². The van der Waals surface area contributed by atoms with Crippen LogP contribution in [0.25, 0.3) is 11.0 Å². The maximum absolute atomic E-state index is 11.7. The lowest BCUT2D eigenvalue weighted by atomic mass is 10.1. The van der Waals surface area contributed by atoms with E-state index in [1.54, 1.807) is 17.4 Å². The highest BCUT2D eigenvalue weighted by molar-refractivity contribution is 5.87. The first-order chi connectivity index (χ1) is 10.3. The molecule has 3 rings (SSSR count). The summed E-state index contributed by atoms with van der Waals surface area (Å²) >= 11 is 0. The minimum atomic E-state index is -0.217. The van der Waals surface area contributed by atoms with Gasteiger partial charge in [0.05, 0.1) is 18.3 Å². The molecule has 1 N–H and O–H groups in total. The number of carbonyl (C=O) groups is 1. The zero-order valence-electron chi connectivity index (χ0n) is 12.0. The number of rotatable bonds is 3. The van der Waals surface area contributed by atoms with E-state index in [0.717, 1.165) is 29.6 Å². The Morgan fingerprint density at radius 2 is 2.29 bits per heavy atom. The van der Waals surface area contributed by atoms with Crippen LogP contribution < -0.4 is 5.32 Å². The lowest BCUT2D eigenvalue weighted by Gasteiger charge is -2.31. The predicted molar refractivity (Wildman–Crippen MR) is 79.2 cm³/mol. The van der Waals surface area contributed by atoms with Crippen molar-refractivity contribution in [2.75, 3.05) is 25.0 Å². The highest BCUT2D eigenvalue weighted by atomic mass is 16.6. The zero-order valence-corrected chi connectivity index (χ0v) is 12.0. The van der Waals surface area contributed by atoms with Crippen LogP contribution >= 0.6 is 0 Å². The van der Waals surface area contributed by atoms with Crippen LogP contribution in [0.1, 0.15) is 19.8 Å². The number of carbonyl (C=O) groups excluding carboxylic acids is 1. The van der Waals surface area contributed by atoms with Gasteiger partial charge in [0.15, 0.2) is 0 Å². The van der Waals surface area contributed by atoms with Crippen molar-refractivity contribution in [2.45, 2.75) is 25.8 Å². The number of amides is 1. The van der Waals surface area contributed by atoms with Gasteiger partial charge in [-0.25, -0.2) is 9.78 Å². The molecule has 0 atom stereocenters. The normalized spacial score (nSPS) is 16.1. The van der Waals surface area contributed by atoms with Crippen LogP contribution in [0.4, 0.5) is 10.6 Å². The van der Waals surface area contributed by atoms with Gasteiger partial charge in [0.25, 0.3) is 0 Å². The second kappa shape index (κ2) is 6.03. The van der Waals surface area contributed by atoms with Crippen molar-refractivity contribution in [3.8, 4) is 0 Å². The lowest BCUT2D eigenvalue weighted by molar-refractivity contribution is 0.0983. The molecule has 0 spiro atoms. The maximum atomic E-state index is 11.7. The second-order valence-electron chi connectivity index (χ2n) is 5.10. The lowest BCUT2D eigenvalue weighted by Crippen LogP contribution is -2.42. The van der Waals surface area contributed by atoms with Gasteiger partial charge in [-0.15, -0.1) is 0 Å². The van der Waals surface area contributed by atoms with Gasteiger partial charge in [0.2, 0.25) is 0 Å². The summed E-state index contributed by atoms with van der Waals surface area (Å²) in [6, 6.07) is 4.08. The van der Waals surface area contributed by atoms with Crippen molar-refractivity contribution in [3.63, 3.8) is 0 Å². The van der Waals surface area contributed by atoms with Gasteiger partial charge < -0.3 is 19.4 Å². The van der Waals surface area contributed by atoms with E-state index in [0.29, 0.717) is 25.7 Å². The molecular weight excluding hydrogens is 270 g/mol. The summed E-state index contributed by atoms with van der Waals surface area (Å²) in [5.74, 6) is 0.843. The Balaban J connectivity index is 1.60. The predicted octanol–water partition coefficient (Wildman–Crippen LogP) is 2.86. The van der Waals surface area contributed by atoms with E-state index in [9.17, 15) is 4.79 Å². The van der Waals surface area contributed by atoms with E-state index >= 15 is 0 Å². The number of hydrogen-bond acceptors (Lipinski definition) is 5. The van der Waals surface area contributed by atoms with Gasteiger partial charge in [-0.2, -0.15) is 0 Å². The molecule has 2 aromatic rings. The summed E-state index contributed by atoms with van der Waals surface area (Å²) in [7, 11) is 0. The maximum Gasteiger partial charge on any atom is 0.409 e. The summed E-state index contributed by atoms with van der Waals surface area (Å²) in [5.41, 5.74) is 0.830. The van der Waals surface area contributed by atoms with Crippen molar-refractivity contribution in [3.05, 3.63) is 24.6 Å². The number of pyridine rings is 1. The zero-order chi connectivity index (χ0) is 14.7. The number of ether oxygens (including phenoxy) is 1. The number of anilines is 1. The summed E-state index contributed by atoms with van der Waals surface area (Å²) < 4.78 is 10.4. The highest BCUT2D eigenvalue weighted by Crippen LogP contribution is 2.24. The Hall–Kier alpha value is -2.24. The Labute approximate surface area is 123 Å². The molecule has 21 heavy (non-hydrogen) atoms. The van der Waals surface area contributed by atoms with Crippen LogP contribution in [0.15, 0.2) is 29.0 Å². The Kier molecular flexibility index (Phi) is 3.94. The van der Waals surface area contributed by atoms with Crippen molar-refractivity contribution >= 4 is 22.9 Å². The standard InChI is InChI=1S/C15H19N3O3/c1-2-20-15(19)18-8-4-11(5-9-18)17-14-12-6-10-21-13(12)3-7-16-14/h3,6-7,10-11H,2,4-5,8-9H2,1H3,(H,16,17). The van der Waals surface area contributed by atoms with Gasteiger partial charge in [-0.05, 0) is 31.9 Å². The number of piperidine rings is 1. The van der Waals surface area contributed by atoms with E-state index in [4.69, 9.17) is 9.15 Å². The van der Waals surface area contributed by atoms with Gasteiger partial charge in [-0.3, -0.25) is 0 Å². The van der Waals surface area contributed by atoms with E-state index in [1.807, 2.05) is 19.1 Å². The number of aromatic nitrogens is 1. The number of nitrogens with one attached hydrogen (secondary N) is 1. The van der Waals surface area contributed by atoms with E-state index in [-0.39, 0.29) is 6.09 Å². The van der Waals surface area contributed by atoms with Crippen LogP contribution in [0, 0.1) is 0 Å². The first-order valence-electron chi connectivity index (χ1n) is 7.28. The molecule has 0 unspecified atom stereocenters. The topological polar surface area (TPSA) is 67.6 Å². The third-order valence-electron chi connectivity index (χ3n) is 3.74. The summed E-state index contributed by atoms with van der Waals surface area (Å²) in [6.45, 7) is 3.66. The number of likely N-dealkylation sites (tertiary alicyclic amines) is 1. The van der Waals surface area contributed by atoms with Crippen LogP contribution in [0.5, 0.6) is 0 Å². The minimum absolute atomic E-state index is 0.217. The molecule has 0 aliphatic carbocycles.